The summed E-state index contributed by atoms with van der Waals surface area (Å²) in [6, 6.07) is 3.80. The van der Waals surface area contributed by atoms with Gasteiger partial charge in [0.1, 0.15) is 0 Å². The fraction of sp³-hybridized carbons (Fsp3) is 0.333. The minimum atomic E-state index is -0.683. The Morgan fingerprint density at radius 3 is 2.74 bits per heavy atom. The molecule has 0 bridgehead atoms. The van der Waals surface area contributed by atoms with E-state index in [1.54, 1.807) is 12.4 Å². The minimum absolute atomic E-state index is 0.0849. The van der Waals surface area contributed by atoms with Crippen molar-refractivity contribution in [3.8, 4) is 0 Å². The van der Waals surface area contributed by atoms with E-state index in [2.05, 4.69) is 21.9 Å². The fourth-order valence-corrected chi connectivity index (χ4v) is 3.69. The molecule has 0 aliphatic heterocycles. The third-order valence-electron chi connectivity index (χ3n) is 4.82. The summed E-state index contributed by atoms with van der Waals surface area (Å²) in [5, 5.41) is 0. The lowest BCUT2D eigenvalue weighted by Gasteiger charge is -2.35. The number of Topliss-reactive ketones (excluding diaryl/α,β-unsaturated/α-hetero) is 1. The summed E-state index contributed by atoms with van der Waals surface area (Å²) in [5.74, 6) is 0.284. The van der Waals surface area contributed by atoms with Gasteiger partial charge in [-0.3, -0.25) is 14.8 Å². The Kier molecular flexibility index (Phi) is 2.88. The minimum Gasteiger partial charge on any atom is -0.304 e. The van der Waals surface area contributed by atoms with E-state index in [0.29, 0.717) is 12.0 Å². The number of aryl methyl sites for hydroxylation is 1. The van der Waals surface area contributed by atoms with Crippen LogP contribution >= 0.6 is 0 Å². The van der Waals surface area contributed by atoms with Gasteiger partial charge in [0.15, 0.2) is 11.4 Å². The van der Waals surface area contributed by atoms with Gasteiger partial charge >= 0.3 is 0 Å². The Balaban J connectivity index is 1.94. The lowest BCUT2D eigenvalue weighted by molar-refractivity contribution is 0.0861. The smallest absolute Gasteiger partial charge is 0.176 e. The molecule has 0 radical (unpaired) electrons. The van der Waals surface area contributed by atoms with Crippen LogP contribution in [0.25, 0.3) is 5.65 Å². The monoisotopic (exact) mass is 306 g/mol. The third kappa shape index (κ3) is 1.92. The quantitative estimate of drug-likeness (QED) is 0.693. The van der Waals surface area contributed by atoms with Crippen molar-refractivity contribution in [3.63, 3.8) is 0 Å². The SMILES string of the molecule is Cc1ccc2c(n1)C(C)CC(C)(c1nccn3ccnc13)C2=O. The van der Waals surface area contributed by atoms with Gasteiger partial charge in [-0.1, -0.05) is 6.92 Å². The molecule has 2 unspecified atom stereocenters. The maximum Gasteiger partial charge on any atom is 0.176 e. The standard InChI is InChI=1S/C18H18N4O/c1-11-10-18(3,15-17-20-7-9-22(17)8-6-19-15)16(23)13-5-4-12(2)21-14(11)13/h4-9,11H,10H2,1-3H3. The molecule has 0 aromatic carbocycles. The molecule has 0 spiro atoms. The number of rotatable bonds is 1. The molecule has 0 amide bonds. The van der Waals surface area contributed by atoms with Crippen molar-refractivity contribution in [2.24, 2.45) is 0 Å². The number of carbonyl (C=O) groups is 1. The Morgan fingerprint density at radius 1 is 1.22 bits per heavy atom. The first-order chi connectivity index (χ1) is 11.0. The number of fused-ring (bicyclic) bond motifs is 2. The van der Waals surface area contributed by atoms with Crippen molar-refractivity contribution >= 4 is 11.4 Å². The Bertz CT molecular complexity index is 930. The van der Waals surface area contributed by atoms with Crippen molar-refractivity contribution in [3.05, 3.63) is 59.6 Å². The van der Waals surface area contributed by atoms with Crippen LogP contribution in [0.15, 0.2) is 36.9 Å². The number of nitrogens with zero attached hydrogens (tertiary/aromatic N) is 4. The predicted octanol–water partition coefficient (Wildman–Crippen LogP) is 3.08. The van der Waals surface area contributed by atoms with Crippen molar-refractivity contribution in [2.75, 3.05) is 0 Å². The second-order valence-corrected chi connectivity index (χ2v) is 6.59. The molecule has 0 saturated carbocycles. The van der Waals surface area contributed by atoms with Crippen molar-refractivity contribution in [1.29, 1.82) is 0 Å². The van der Waals surface area contributed by atoms with E-state index < -0.39 is 5.41 Å². The summed E-state index contributed by atoms with van der Waals surface area (Å²) in [6.07, 6.45) is 7.88. The average molecular weight is 306 g/mol. The van der Waals surface area contributed by atoms with Gasteiger partial charge in [-0.25, -0.2) is 4.98 Å². The number of pyridine rings is 1. The van der Waals surface area contributed by atoms with Crippen LogP contribution in [0.2, 0.25) is 0 Å². The fourth-order valence-electron chi connectivity index (χ4n) is 3.69. The second kappa shape index (κ2) is 4.72. The summed E-state index contributed by atoms with van der Waals surface area (Å²) in [5.41, 5.74) is 3.37. The molecule has 2 atom stereocenters. The van der Waals surface area contributed by atoms with Gasteiger partial charge in [-0.2, -0.15) is 0 Å². The first-order valence-corrected chi connectivity index (χ1v) is 7.81. The second-order valence-electron chi connectivity index (χ2n) is 6.59. The Hall–Kier alpha value is -2.56. The Morgan fingerprint density at radius 2 is 1.96 bits per heavy atom. The van der Waals surface area contributed by atoms with E-state index in [1.807, 2.05) is 42.8 Å². The topological polar surface area (TPSA) is 60.1 Å². The van der Waals surface area contributed by atoms with Crippen LogP contribution in [0.1, 0.15) is 53.6 Å². The molecule has 1 aliphatic carbocycles. The highest BCUT2D eigenvalue weighted by Crippen LogP contribution is 2.43. The number of imidazole rings is 1. The summed E-state index contributed by atoms with van der Waals surface area (Å²) < 4.78 is 1.91. The number of hydrogen-bond donors (Lipinski definition) is 0. The molecular weight excluding hydrogens is 288 g/mol. The van der Waals surface area contributed by atoms with E-state index >= 15 is 0 Å². The van der Waals surface area contributed by atoms with Crippen LogP contribution in [0.5, 0.6) is 0 Å². The molecule has 3 aromatic rings. The highest BCUT2D eigenvalue weighted by Gasteiger charge is 2.45. The lowest BCUT2D eigenvalue weighted by atomic mass is 9.67. The van der Waals surface area contributed by atoms with Gasteiger partial charge in [0.2, 0.25) is 0 Å². The maximum atomic E-state index is 13.2. The Labute approximate surface area is 134 Å². The van der Waals surface area contributed by atoms with E-state index in [4.69, 9.17) is 0 Å². The van der Waals surface area contributed by atoms with E-state index in [1.165, 1.54) is 0 Å². The highest BCUT2D eigenvalue weighted by molar-refractivity contribution is 6.06. The van der Waals surface area contributed by atoms with Gasteiger partial charge in [-0.05, 0) is 32.4 Å². The molecule has 3 aromatic heterocycles. The highest BCUT2D eigenvalue weighted by atomic mass is 16.1. The molecule has 4 rings (SSSR count). The number of aromatic nitrogens is 4. The molecule has 116 valence electrons. The molecule has 3 heterocycles. The van der Waals surface area contributed by atoms with Crippen molar-refractivity contribution in [2.45, 2.75) is 38.5 Å². The molecule has 23 heavy (non-hydrogen) atoms. The third-order valence-corrected chi connectivity index (χ3v) is 4.82. The number of carbonyl (C=O) groups excluding carboxylic acids is 1. The maximum absolute atomic E-state index is 13.2. The molecule has 5 nitrogen and oxygen atoms in total. The summed E-state index contributed by atoms with van der Waals surface area (Å²) in [7, 11) is 0. The van der Waals surface area contributed by atoms with Gasteiger partial charge in [0.05, 0.1) is 16.8 Å². The summed E-state index contributed by atoms with van der Waals surface area (Å²) in [4.78, 5) is 26.8. The molecule has 5 heteroatoms. The van der Waals surface area contributed by atoms with Crippen molar-refractivity contribution in [1.82, 2.24) is 19.4 Å². The molecular formula is C18H18N4O. The van der Waals surface area contributed by atoms with Gasteiger partial charge in [0.25, 0.3) is 0 Å². The normalized spacial score (nSPS) is 24.0. The zero-order valence-electron chi connectivity index (χ0n) is 13.4. The van der Waals surface area contributed by atoms with Crippen LogP contribution in [0, 0.1) is 6.92 Å². The lowest BCUT2D eigenvalue weighted by Crippen LogP contribution is -2.40. The average Bonchev–Trinajstić information content (AvgIpc) is 3.01. The van der Waals surface area contributed by atoms with E-state index in [0.717, 1.165) is 22.7 Å². The zero-order chi connectivity index (χ0) is 16.2. The molecule has 1 aliphatic rings. The van der Waals surface area contributed by atoms with Crippen LogP contribution < -0.4 is 0 Å². The van der Waals surface area contributed by atoms with Crippen LogP contribution in [0.3, 0.4) is 0 Å². The molecule has 0 fully saturated rings. The first kappa shape index (κ1) is 14.1. The van der Waals surface area contributed by atoms with Gasteiger partial charge in [0, 0.05) is 42.0 Å². The van der Waals surface area contributed by atoms with E-state index in [9.17, 15) is 4.79 Å². The zero-order valence-corrected chi connectivity index (χ0v) is 13.4. The summed E-state index contributed by atoms with van der Waals surface area (Å²) in [6.45, 7) is 6.06. The van der Waals surface area contributed by atoms with Crippen LogP contribution in [-0.2, 0) is 5.41 Å². The summed E-state index contributed by atoms with van der Waals surface area (Å²) >= 11 is 0. The largest absolute Gasteiger partial charge is 0.304 e. The van der Waals surface area contributed by atoms with Crippen molar-refractivity contribution < 1.29 is 4.79 Å². The van der Waals surface area contributed by atoms with Gasteiger partial charge in [-0.15, -0.1) is 0 Å². The van der Waals surface area contributed by atoms with Crippen LogP contribution in [0.4, 0.5) is 0 Å². The van der Waals surface area contributed by atoms with Crippen LogP contribution in [-0.4, -0.2) is 25.1 Å². The molecule has 0 N–H and O–H groups in total. The predicted molar refractivity (Wildman–Crippen MR) is 86.7 cm³/mol. The van der Waals surface area contributed by atoms with E-state index in [-0.39, 0.29) is 11.7 Å². The first-order valence-electron chi connectivity index (χ1n) is 7.81. The molecule has 0 saturated heterocycles. The number of ketones is 1. The van der Waals surface area contributed by atoms with Gasteiger partial charge < -0.3 is 4.40 Å². The number of hydrogen-bond acceptors (Lipinski definition) is 4.